The van der Waals surface area contributed by atoms with Crippen molar-refractivity contribution < 1.29 is 24.2 Å². The molecule has 6 nitrogen and oxygen atoms in total. The molecule has 1 unspecified atom stereocenters. The number of aliphatic carboxylic acids is 2. The van der Waals surface area contributed by atoms with E-state index in [-0.39, 0.29) is 12.7 Å². The lowest BCUT2D eigenvalue weighted by Gasteiger charge is -2.23. The molecule has 2 N–H and O–H groups in total. The molecule has 1 aromatic rings. The maximum Gasteiger partial charge on any atom is 0.414 e. The Labute approximate surface area is 115 Å². The van der Waals surface area contributed by atoms with Crippen LogP contribution in [0.4, 0.5) is 4.39 Å². The minimum Gasteiger partial charge on any atom is -0.473 e. The van der Waals surface area contributed by atoms with Gasteiger partial charge >= 0.3 is 11.9 Å². The van der Waals surface area contributed by atoms with Gasteiger partial charge in [-0.1, -0.05) is 6.07 Å². The first-order chi connectivity index (χ1) is 9.47. The van der Waals surface area contributed by atoms with Crippen molar-refractivity contribution in [1.82, 2.24) is 9.88 Å². The number of alkyl halides is 1. The largest absolute Gasteiger partial charge is 0.473 e. The van der Waals surface area contributed by atoms with Crippen LogP contribution in [0.15, 0.2) is 24.5 Å². The summed E-state index contributed by atoms with van der Waals surface area (Å²) >= 11 is 0. The van der Waals surface area contributed by atoms with Crippen molar-refractivity contribution in [2.24, 2.45) is 0 Å². The van der Waals surface area contributed by atoms with Gasteiger partial charge in [-0.3, -0.25) is 9.88 Å². The predicted octanol–water partition coefficient (Wildman–Crippen LogP) is 1.34. The van der Waals surface area contributed by atoms with E-state index in [1.165, 1.54) is 5.56 Å². The van der Waals surface area contributed by atoms with Crippen molar-refractivity contribution in [3.63, 3.8) is 0 Å². The zero-order valence-corrected chi connectivity index (χ0v) is 11.1. The van der Waals surface area contributed by atoms with Crippen LogP contribution < -0.4 is 0 Å². The zero-order chi connectivity index (χ0) is 15.1. The molecule has 110 valence electrons. The van der Waals surface area contributed by atoms with Gasteiger partial charge in [0.05, 0.1) is 0 Å². The molecule has 2 atom stereocenters. The average molecular weight is 284 g/mol. The van der Waals surface area contributed by atoms with Crippen LogP contribution in [0.5, 0.6) is 0 Å². The van der Waals surface area contributed by atoms with Gasteiger partial charge in [0.2, 0.25) is 0 Å². The third kappa shape index (κ3) is 4.27. The molecule has 1 aromatic heterocycles. The summed E-state index contributed by atoms with van der Waals surface area (Å²) < 4.78 is 12.6. The minimum absolute atomic E-state index is 0.0974. The number of likely N-dealkylation sites (tertiary alicyclic amines) is 1. The second kappa shape index (κ2) is 7.54. The van der Waals surface area contributed by atoms with Crippen LogP contribution in [0.2, 0.25) is 0 Å². The van der Waals surface area contributed by atoms with Crippen LogP contribution in [0.25, 0.3) is 0 Å². The first-order valence-corrected chi connectivity index (χ1v) is 6.11. The van der Waals surface area contributed by atoms with Crippen molar-refractivity contribution in [3.05, 3.63) is 30.1 Å². The fourth-order valence-electron chi connectivity index (χ4n) is 2.17. The second-order valence-electron chi connectivity index (χ2n) is 4.46. The van der Waals surface area contributed by atoms with E-state index in [9.17, 15) is 4.39 Å². The lowest BCUT2D eigenvalue weighted by molar-refractivity contribution is -0.159. The van der Waals surface area contributed by atoms with E-state index in [4.69, 9.17) is 19.8 Å². The molecule has 20 heavy (non-hydrogen) atoms. The smallest absolute Gasteiger partial charge is 0.414 e. The van der Waals surface area contributed by atoms with Gasteiger partial charge in [0.15, 0.2) is 0 Å². The Morgan fingerprint density at radius 1 is 1.40 bits per heavy atom. The highest BCUT2D eigenvalue weighted by atomic mass is 19.1. The Bertz CT molecular complexity index is 443. The van der Waals surface area contributed by atoms with Crippen molar-refractivity contribution in [1.29, 1.82) is 0 Å². The molecule has 1 aliphatic rings. The number of carboxylic acids is 2. The number of pyridine rings is 1. The van der Waals surface area contributed by atoms with Gasteiger partial charge in [0.1, 0.15) is 6.67 Å². The molecule has 0 bridgehead atoms. The summed E-state index contributed by atoms with van der Waals surface area (Å²) in [6.07, 6.45) is 5.64. The third-order valence-electron chi connectivity index (χ3n) is 3.27. The summed E-state index contributed by atoms with van der Waals surface area (Å²) in [5, 5.41) is 14.8. The lowest BCUT2D eigenvalue weighted by atomic mass is 10.1. The Balaban J connectivity index is 0.000000286. The molecule has 0 spiro atoms. The van der Waals surface area contributed by atoms with E-state index < -0.39 is 11.9 Å². The van der Waals surface area contributed by atoms with Gasteiger partial charge in [-0.2, -0.15) is 0 Å². The number of hydrogen-bond acceptors (Lipinski definition) is 4. The summed E-state index contributed by atoms with van der Waals surface area (Å²) in [5.74, 6) is -3.65. The topological polar surface area (TPSA) is 90.7 Å². The number of aromatic nitrogens is 1. The molecule has 0 aromatic carbocycles. The maximum absolute atomic E-state index is 12.6. The zero-order valence-electron chi connectivity index (χ0n) is 11.1. The standard InChI is InChI=1S/C11H15FN2.C2H2O4/c1-14-10(7-12)4-5-11(14)9-3-2-6-13-8-9;3-1(4)2(5)6/h2-3,6,8,10-11H,4-5,7H2,1H3;(H,3,4)(H,5,6)/t10?,11-;/m0./s1. The van der Waals surface area contributed by atoms with Crippen LogP contribution in [0.1, 0.15) is 24.4 Å². The normalized spacial score (nSPS) is 21.9. The fourth-order valence-corrected chi connectivity index (χ4v) is 2.17. The first-order valence-electron chi connectivity index (χ1n) is 6.11. The predicted molar refractivity (Wildman–Crippen MR) is 69.0 cm³/mol. The number of hydrogen-bond donors (Lipinski definition) is 2. The monoisotopic (exact) mass is 284 g/mol. The molecule has 1 saturated heterocycles. The molecular formula is C13H17FN2O4. The molecule has 1 fully saturated rings. The van der Waals surface area contributed by atoms with Crippen molar-refractivity contribution in [2.45, 2.75) is 24.9 Å². The average Bonchev–Trinajstić information content (AvgIpc) is 2.81. The molecule has 2 rings (SSSR count). The van der Waals surface area contributed by atoms with E-state index in [2.05, 4.69) is 16.0 Å². The summed E-state index contributed by atoms with van der Waals surface area (Å²) in [4.78, 5) is 24.4. The quantitative estimate of drug-likeness (QED) is 0.796. The second-order valence-corrected chi connectivity index (χ2v) is 4.46. The molecule has 0 radical (unpaired) electrons. The molecule has 7 heteroatoms. The molecule has 2 heterocycles. The number of carboxylic acid groups (broad SMARTS) is 2. The third-order valence-corrected chi connectivity index (χ3v) is 3.27. The summed E-state index contributed by atoms with van der Waals surface area (Å²) in [5.41, 5.74) is 1.20. The van der Waals surface area contributed by atoms with Gasteiger partial charge in [-0.25, -0.2) is 14.0 Å². The fraction of sp³-hybridized carbons (Fsp3) is 0.462. The number of rotatable bonds is 2. The summed E-state index contributed by atoms with van der Waals surface area (Å²) in [6, 6.07) is 4.45. The SMILES string of the molecule is CN1C(CF)CC[C@H]1c1cccnc1.O=C(O)C(=O)O. The Hall–Kier alpha value is -2.02. The minimum atomic E-state index is -1.82. The molecule has 0 aliphatic carbocycles. The van der Waals surface area contributed by atoms with Crippen LogP contribution in [0.3, 0.4) is 0 Å². The van der Waals surface area contributed by atoms with Crippen LogP contribution in [-0.4, -0.2) is 51.8 Å². The Morgan fingerprint density at radius 2 is 2.05 bits per heavy atom. The van der Waals surface area contributed by atoms with Crippen LogP contribution >= 0.6 is 0 Å². The van der Waals surface area contributed by atoms with Gasteiger partial charge < -0.3 is 10.2 Å². The highest BCUT2D eigenvalue weighted by Gasteiger charge is 2.31. The molecule has 0 saturated carbocycles. The molecule has 0 amide bonds. The van der Waals surface area contributed by atoms with Crippen LogP contribution in [0, 0.1) is 0 Å². The summed E-state index contributed by atoms with van der Waals surface area (Å²) in [7, 11) is 1.99. The Kier molecular flexibility index (Phi) is 6.05. The lowest BCUT2D eigenvalue weighted by Crippen LogP contribution is -2.28. The van der Waals surface area contributed by atoms with Crippen molar-refractivity contribution in [2.75, 3.05) is 13.7 Å². The van der Waals surface area contributed by atoms with E-state index >= 15 is 0 Å². The molecule has 1 aliphatic heterocycles. The van der Waals surface area contributed by atoms with E-state index in [1.54, 1.807) is 6.20 Å². The van der Waals surface area contributed by atoms with Crippen LogP contribution in [-0.2, 0) is 9.59 Å². The van der Waals surface area contributed by atoms with Crippen molar-refractivity contribution in [3.8, 4) is 0 Å². The highest BCUT2D eigenvalue weighted by Crippen LogP contribution is 2.34. The Morgan fingerprint density at radius 3 is 2.45 bits per heavy atom. The van der Waals surface area contributed by atoms with Gasteiger partial charge in [0.25, 0.3) is 0 Å². The van der Waals surface area contributed by atoms with Crippen molar-refractivity contribution >= 4 is 11.9 Å². The van der Waals surface area contributed by atoms with E-state index in [1.807, 2.05) is 19.3 Å². The van der Waals surface area contributed by atoms with Gasteiger partial charge in [-0.05, 0) is 31.5 Å². The number of nitrogens with zero attached hydrogens (tertiary/aromatic N) is 2. The summed E-state index contributed by atoms with van der Waals surface area (Å²) in [6.45, 7) is -0.243. The highest BCUT2D eigenvalue weighted by molar-refractivity contribution is 6.27. The number of halogens is 1. The first kappa shape index (κ1) is 16.0. The van der Waals surface area contributed by atoms with Gasteiger partial charge in [-0.15, -0.1) is 0 Å². The van der Waals surface area contributed by atoms with E-state index in [0.717, 1.165) is 12.8 Å². The molecular weight excluding hydrogens is 267 g/mol. The van der Waals surface area contributed by atoms with E-state index in [0.29, 0.717) is 6.04 Å². The maximum atomic E-state index is 12.6. The number of carbonyl (C=O) groups is 2. The van der Waals surface area contributed by atoms with Gasteiger partial charge in [0, 0.05) is 24.5 Å².